The first-order valence-corrected chi connectivity index (χ1v) is 29.3. The van der Waals surface area contributed by atoms with Crippen LogP contribution < -0.4 is 20.7 Å². The van der Waals surface area contributed by atoms with Gasteiger partial charge in [-0.1, -0.05) is 163 Å². The lowest BCUT2D eigenvalue weighted by Gasteiger charge is -2.56. The molecule has 0 unspecified atom stereocenters. The van der Waals surface area contributed by atoms with Crippen LogP contribution in [-0.4, -0.2) is 86.5 Å². The number of thioether (sulfide) groups is 4. The van der Waals surface area contributed by atoms with Crippen molar-refractivity contribution >= 4 is 84.4 Å². The Bertz CT molecular complexity index is 1740. The Hall–Kier alpha value is -1.45. The van der Waals surface area contributed by atoms with Crippen LogP contribution in [0.4, 0.5) is 0 Å². The molecule has 2 aliphatic rings. The normalized spacial score (nSPS) is 21.6. The highest BCUT2D eigenvalue weighted by Crippen LogP contribution is 2.59. The zero-order valence-corrected chi connectivity index (χ0v) is 41.7. The number of rotatable bonds is 16. The summed E-state index contributed by atoms with van der Waals surface area (Å²) in [6.07, 6.45) is 10.9. The first-order valence-electron chi connectivity index (χ1n) is 20.6. The van der Waals surface area contributed by atoms with Crippen molar-refractivity contribution < 1.29 is 19.1 Å². The van der Waals surface area contributed by atoms with Crippen LogP contribution in [0.5, 0.6) is 0 Å². The third-order valence-corrected chi connectivity index (χ3v) is 29.7. The fourth-order valence-electron chi connectivity index (χ4n) is 9.71. The molecule has 6 rings (SSSR count). The van der Waals surface area contributed by atoms with Crippen molar-refractivity contribution in [2.24, 2.45) is 23.7 Å². The zero-order valence-electron chi connectivity index (χ0n) is 36.4. The van der Waals surface area contributed by atoms with Gasteiger partial charge in [0.15, 0.2) is 0 Å². The van der Waals surface area contributed by atoms with E-state index in [1.54, 1.807) is 23.5 Å². The SMILES string of the molecule is CSC1(SC)C[C@@H](CO)[C@@H]1CO.CSC1(SC)C[C@@H](CO[Si](c2ccccc2)(c2ccccc2)C(C)(C)C)[C@@H]1CO[Si](c1ccccc1)(c1ccccc1)C(C)(C)C. The minimum absolute atomic E-state index is 0.0452. The Morgan fingerprint density at radius 1 is 0.483 bits per heavy atom. The fraction of sp³-hybridized carbons (Fsp3) is 0.500. The summed E-state index contributed by atoms with van der Waals surface area (Å²) in [5, 5.41) is 23.4. The molecule has 0 aliphatic heterocycles. The van der Waals surface area contributed by atoms with Gasteiger partial charge < -0.3 is 19.1 Å². The summed E-state index contributed by atoms with van der Waals surface area (Å²) in [6, 6.07) is 44.2. The molecule has 0 radical (unpaired) electrons. The fourth-order valence-corrected chi connectivity index (χ4v) is 24.0. The number of benzene rings is 4. The molecule has 2 aliphatic carbocycles. The Morgan fingerprint density at radius 2 is 0.793 bits per heavy atom. The molecular weight excluding hydrogens is 825 g/mol. The smallest absolute Gasteiger partial charge is 0.261 e. The van der Waals surface area contributed by atoms with Crippen LogP contribution >= 0.6 is 47.0 Å². The van der Waals surface area contributed by atoms with E-state index in [-0.39, 0.29) is 37.4 Å². The van der Waals surface area contributed by atoms with Crippen LogP contribution in [0, 0.1) is 23.7 Å². The molecule has 2 fully saturated rings. The summed E-state index contributed by atoms with van der Waals surface area (Å²) in [6.45, 7) is 16.1. The van der Waals surface area contributed by atoms with Crippen LogP contribution in [0.1, 0.15) is 54.4 Å². The van der Waals surface area contributed by atoms with E-state index in [9.17, 15) is 0 Å². The standard InChI is InChI=1S/C40H52O2S2Si2.C8H16O2S2/c1-38(2,3)45(33-21-13-9-14-22-33,34-23-15-10-16-24-34)41-30-32-29-40(43-7,44-8)37(32)31-42-46(39(4,5)6,35-25-17-11-18-26-35)36-27-19-12-20-28-36;1-11-8(12-2)3-6(4-9)7(8)5-10/h9-28,32,37H,29-31H2,1-8H3;6-7,9-10H,3-5H2,1-2H3/t32-,37-;6-,7-/m00/s1. The van der Waals surface area contributed by atoms with Crippen LogP contribution in [0.15, 0.2) is 121 Å². The Morgan fingerprint density at radius 3 is 1.09 bits per heavy atom. The van der Waals surface area contributed by atoms with Crippen LogP contribution in [0.2, 0.25) is 10.1 Å². The topological polar surface area (TPSA) is 58.9 Å². The van der Waals surface area contributed by atoms with Gasteiger partial charge >= 0.3 is 0 Å². The Labute approximate surface area is 370 Å². The van der Waals surface area contributed by atoms with Crippen molar-refractivity contribution in [1.82, 2.24) is 0 Å². The quantitative estimate of drug-likeness (QED) is 0.0854. The summed E-state index contributed by atoms with van der Waals surface area (Å²) < 4.78 is 15.4. The summed E-state index contributed by atoms with van der Waals surface area (Å²) >= 11 is 7.62. The van der Waals surface area contributed by atoms with Gasteiger partial charge in [0.2, 0.25) is 0 Å². The van der Waals surface area contributed by atoms with Gasteiger partial charge in [0.25, 0.3) is 16.6 Å². The van der Waals surface area contributed by atoms with Crippen molar-refractivity contribution in [3.63, 3.8) is 0 Å². The maximum absolute atomic E-state index is 9.15. The summed E-state index contributed by atoms with van der Waals surface area (Å²) in [4.78, 5) is 0. The first kappa shape index (κ1) is 47.6. The predicted octanol–water partition coefficient (Wildman–Crippen LogP) is 9.23. The second-order valence-electron chi connectivity index (χ2n) is 17.9. The highest BCUT2D eigenvalue weighted by atomic mass is 32.2. The highest BCUT2D eigenvalue weighted by molar-refractivity contribution is 8.18. The van der Waals surface area contributed by atoms with Crippen molar-refractivity contribution in [1.29, 1.82) is 0 Å². The van der Waals surface area contributed by atoms with Crippen molar-refractivity contribution in [3.05, 3.63) is 121 Å². The van der Waals surface area contributed by atoms with E-state index in [1.165, 1.54) is 20.7 Å². The highest BCUT2D eigenvalue weighted by Gasteiger charge is 2.58. The minimum Gasteiger partial charge on any atom is -0.407 e. The average molecular weight is 894 g/mol. The van der Waals surface area contributed by atoms with Gasteiger partial charge in [-0.2, -0.15) is 0 Å². The molecule has 10 heteroatoms. The monoisotopic (exact) mass is 892 g/mol. The van der Waals surface area contributed by atoms with Gasteiger partial charge in [-0.15, -0.1) is 47.0 Å². The first-order chi connectivity index (χ1) is 27.7. The Kier molecular flexibility index (Phi) is 16.5. The molecule has 58 heavy (non-hydrogen) atoms. The van der Waals surface area contributed by atoms with Gasteiger partial charge in [-0.25, -0.2) is 0 Å². The summed E-state index contributed by atoms with van der Waals surface area (Å²) in [7, 11) is -5.29. The van der Waals surface area contributed by atoms with Gasteiger partial charge in [-0.3, -0.25) is 0 Å². The predicted molar refractivity (Wildman–Crippen MR) is 264 cm³/mol. The largest absolute Gasteiger partial charge is 0.407 e. The van der Waals surface area contributed by atoms with Crippen LogP contribution in [0.3, 0.4) is 0 Å². The third-order valence-electron chi connectivity index (χ3n) is 13.0. The van der Waals surface area contributed by atoms with Crippen molar-refractivity contribution in [2.75, 3.05) is 51.5 Å². The van der Waals surface area contributed by atoms with E-state index in [2.05, 4.69) is 188 Å². The molecule has 4 aromatic rings. The van der Waals surface area contributed by atoms with Gasteiger partial charge in [-0.05, 0) is 80.5 Å². The molecule has 0 heterocycles. The second kappa shape index (κ2) is 20.2. The molecule has 0 aromatic heterocycles. The summed E-state index contributed by atoms with van der Waals surface area (Å²) in [5.74, 6) is 1.37. The molecule has 0 bridgehead atoms. The van der Waals surface area contributed by atoms with Crippen molar-refractivity contribution in [3.8, 4) is 0 Å². The maximum atomic E-state index is 9.15. The van der Waals surface area contributed by atoms with Crippen LogP contribution in [-0.2, 0) is 8.85 Å². The summed E-state index contributed by atoms with van der Waals surface area (Å²) in [5.41, 5.74) is 0. The molecule has 0 spiro atoms. The second-order valence-corrected chi connectivity index (χ2v) is 31.6. The lowest BCUT2D eigenvalue weighted by atomic mass is 9.73. The van der Waals surface area contributed by atoms with Gasteiger partial charge in [0.05, 0.1) is 8.16 Å². The molecule has 4 aromatic carbocycles. The molecule has 0 amide bonds. The van der Waals surface area contributed by atoms with E-state index in [1.807, 2.05) is 23.5 Å². The molecule has 2 saturated carbocycles. The van der Waals surface area contributed by atoms with Gasteiger partial charge in [0, 0.05) is 38.3 Å². The van der Waals surface area contributed by atoms with E-state index < -0.39 is 16.6 Å². The number of aliphatic hydroxyl groups is 2. The minimum atomic E-state index is -2.66. The van der Waals surface area contributed by atoms with Gasteiger partial charge in [0.1, 0.15) is 0 Å². The molecule has 316 valence electrons. The molecule has 4 atom stereocenters. The Balaban J connectivity index is 0.000000458. The third kappa shape index (κ3) is 9.18. The molecule has 0 saturated heterocycles. The maximum Gasteiger partial charge on any atom is 0.261 e. The van der Waals surface area contributed by atoms with E-state index in [0.29, 0.717) is 17.8 Å². The molecule has 2 N–H and O–H groups in total. The number of hydrogen-bond donors (Lipinski definition) is 2. The van der Waals surface area contributed by atoms with E-state index in [4.69, 9.17) is 19.1 Å². The van der Waals surface area contributed by atoms with E-state index in [0.717, 1.165) is 26.1 Å². The average Bonchev–Trinajstić information content (AvgIpc) is 3.22. The molecular formula is C48H68O4S4Si2. The lowest BCUT2D eigenvalue weighted by Crippen LogP contribution is -2.69. The number of hydrogen-bond acceptors (Lipinski definition) is 8. The number of aliphatic hydroxyl groups excluding tert-OH is 2. The van der Waals surface area contributed by atoms with Crippen molar-refractivity contribution in [2.45, 2.75) is 72.6 Å². The zero-order chi connectivity index (χ0) is 42.2. The van der Waals surface area contributed by atoms with Crippen LogP contribution in [0.25, 0.3) is 0 Å². The molecule has 4 nitrogen and oxygen atoms in total. The van der Waals surface area contributed by atoms with E-state index >= 15 is 0 Å². The lowest BCUT2D eigenvalue weighted by molar-refractivity contribution is 0.0416.